The summed E-state index contributed by atoms with van der Waals surface area (Å²) in [5.41, 5.74) is 3.79. The third-order valence-corrected chi connectivity index (χ3v) is 6.23. The number of nitrogens with zero attached hydrogens (tertiary/aromatic N) is 3. The van der Waals surface area contributed by atoms with Crippen LogP contribution in [0.3, 0.4) is 0 Å². The van der Waals surface area contributed by atoms with Gasteiger partial charge in [0.15, 0.2) is 23.0 Å². The summed E-state index contributed by atoms with van der Waals surface area (Å²) in [4.78, 5) is 30.8. The molecule has 3 aromatic heterocycles. The fourth-order valence-corrected chi connectivity index (χ4v) is 4.22. The summed E-state index contributed by atoms with van der Waals surface area (Å²) < 4.78 is 18.2. The minimum Gasteiger partial charge on any atom is -0.493 e. The summed E-state index contributed by atoms with van der Waals surface area (Å²) in [6.07, 6.45) is 2.96. The van der Waals surface area contributed by atoms with Gasteiger partial charge in [-0.2, -0.15) is 5.26 Å². The van der Waals surface area contributed by atoms with E-state index in [4.69, 9.17) is 19.2 Å². The Labute approximate surface area is 228 Å². The number of hydrogen-bond acceptors (Lipinski definition) is 8. The van der Waals surface area contributed by atoms with Crippen molar-refractivity contribution in [3.8, 4) is 34.6 Å². The minimum atomic E-state index is -0.296. The maximum Gasteiger partial charge on any atom is 0.253 e. The number of methoxy groups -OCH3 is 3. The van der Waals surface area contributed by atoms with E-state index in [9.17, 15) is 14.9 Å². The van der Waals surface area contributed by atoms with E-state index in [1.807, 2.05) is 24.3 Å². The molecule has 0 radical (unpaired) electrons. The number of ether oxygens (including phenoxy) is 3. The lowest BCUT2D eigenvalue weighted by atomic mass is 10.1. The number of nitriles is 1. The number of H-pyrrole nitrogens is 2. The van der Waals surface area contributed by atoms with Crippen molar-refractivity contribution >= 4 is 23.1 Å². The first kappa shape index (κ1) is 25.9. The lowest BCUT2D eigenvalue weighted by Gasteiger charge is -2.14. The topological polar surface area (TPSA) is 159 Å². The summed E-state index contributed by atoms with van der Waals surface area (Å²) in [6.45, 7) is 0.300. The monoisotopic (exact) mass is 539 g/mol. The fourth-order valence-electron chi connectivity index (χ4n) is 4.22. The number of benzene rings is 2. The highest BCUT2D eigenvalue weighted by Gasteiger charge is 2.22. The smallest absolute Gasteiger partial charge is 0.253 e. The van der Waals surface area contributed by atoms with Crippen LogP contribution >= 0.6 is 0 Å². The molecule has 202 valence electrons. The Bertz CT molecular complexity index is 1750. The molecule has 0 atom stereocenters. The third kappa shape index (κ3) is 4.91. The van der Waals surface area contributed by atoms with Crippen molar-refractivity contribution in [2.75, 3.05) is 26.6 Å². The van der Waals surface area contributed by atoms with Crippen LogP contribution in [0.15, 0.2) is 65.7 Å². The third-order valence-electron chi connectivity index (χ3n) is 6.23. The zero-order chi connectivity index (χ0) is 28.2. The standard InChI is InChI=1S/C28H25N7O5/c1-38-21-10-18(11-22(39-2)25(21)40-3)24-27(35-26(34-24)19(12-29)15-32-35)33-20-7-4-16(5-8-20)13-31-28(37)17-6-9-23(36)30-14-17/h4-11,14-15,32-33H,13H2,1-3H3,(H,30,36)(H,31,37). The van der Waals surface area contributed by atoms with E-state index in [1.165, 1.54) is 39.7 Å². The highest BCUT2D eigenvalue weighted by atomic mass is 16.5. The number of aromatic nitrogens is 4. The number of imidazole rings is 1. The number of hydrogen-bond donors (Lipinski definition) is 4. The van der Waals surface area contributed by atoms with Crippen LogP contribution in [0.4, 0.5) is 11.5 Å². The molecule has 4 N–H and O–H groups in total. The maximum absolute atomic E-state index is 12.4. The SMILES string of the molecule is COc1cc(-c2nc3c(C#N)c[nH]n3c2Nc2ccc(CNC(=O)c3ccc(=O)[nH]c3)cc2)cc(OC)c1OC. The number of anilines is 2. The van der Waals surface area contributed by atoms with E-state index in [1.54, 1.807) is 22.8 Å². The van der Waals surface area contributed by atoms with Gasteiger partial charge in [0.25, 0.3) is 5.91 Å². The predicted octanol–water partition coefficient (Wildman–Crippen LogP) is 3.59. The molecule has 0 saturated carbocycles. The average molecular weight is 540 g/mol. The molecule has 2 aromatic carbocycles. The van der Waals surface area contributed by atoms with Gasteiger partial charge in [-0.05, 0) is 35.9 Å². The number of pyridine rings is 1. The average Bonchev–Trinajstić information content (AvgIpc) is 3.55. The van der Waals surface area contributed by atoms with Crippen molar-refractivity contribution in [2.45, 2.75) is 6.54 Å². The van der Waals surface area contributed by atoms with E-state index < -0.39 is 0 Å². The Morgan fingerprint density at radius 2 is 1.75 bits per heavy atom. The van der Waals surface area contributed by atoms with Crippen molar-refractivity contribution in [1.29, 1.82) is 5.26 Å². The van der Waals surface area contributed by atoms with Crippen LogP contribution in [0.25, 0.3) is 16.9 Å². The number of fused-ring (bicyclic) bond motifs is 1. The van der Waals surface area contributed by atoms with Crippen molar-refractivity contribution in [2.24, 2.45) is 0 Å². The normalized spacial score (nSPS) is 10.7. The van der Waals surface area contributed by atoms with E-state index in [0.29, 0.717) is 57.6 Å². The van der Waals surface area contributed by atoms with Gasteiger partial charge in [0.1, 0.15) is 17.3 Å². The van der Waals surface area contributed by atoms with Gasteiger partial charge >= 0.3 is 0 Å². The van der Waals surface area contributed by atoms with Gasteiger partial charge in [-0.15, -0.1) is 0 Å². The molecule has 5 aromatic rings. The summed E-state index contributed by atoms with van der Waals surface area (Å²) >= 11 is 0. The second-order valence-electron chi connectivity index (χ2n) is 8.63. The van der Waals surface area contributed by atoms with Gasteiger partial charge in [-0.1, -0.05) is 12.1 Å². The molecule has 0 saturated heterocycles. The fraction of sp³-hybridized carbons (Fsp3) is 0.143. The summed E-state index contributed by atoms with van der Waals surface area (Å²) in [5, 5.41) is 18.9. The molecule has 0 fully saturated rings. The highest BCUT2D eigenvalue weighted by Crippen LogP contribution is 2.43. The molecule has 5 rings (SSSR count). The molecule has 0 aliphatic carbocycles. The van der Waals surface area contributed by atoms with Crippen molar-refractivity contribution < 1.29 is 19.0 Å². The number of rotatable bonds is 9. The number of amides is 1. The zero-order valence-corrected chi connectivity index (χ0v) is 21.9. The molecule has 0 bridgehead atoms. The van der Waals surface area contributed by atoms with Gasteiger partial charge < -0.3 is 29.8 Å². The van der Waals surface area contributed by atoms with Crippen LogP contribution in [0.2, 0.25) is 0 Å². The van der Waals surface area contributed by atoms with Crippen LogP contribution in [0, 0.1) is 11.3 Å². The first-order chi connectivity index (χ1) is 19.4. The molecular weight excluding hydrogens is 514 g/mol. The summed E-state index contributed by atoms with van der Waals surface area (Å²) in [7, 11) is 4.61. The quantitative estimate of drug-likeness (QED) is 0.221. The molecular formula is C28H25N7O5. The minimum absolute atomic E-state index is 0.272. The Morgan fingerprint density at radius 1 is 1.02 bits per heavy atom. The largest absolute Gasteiger partial charge is 0.493 e. The van der Waals surface area contributed by atoms with Gasteiger partial charge in [0.2, 0.25) is 11.3 Å². The van der Waals surface area contributed by atoms with E-state index >= 15 is 0 Å². The first-order valence-electron chi connectivity index (χ1n) is 12.1. The maximum atomic E-state index is 12.4. The molecule has 0 aliphatic heterocycles. The number of aromatic amines is 2. The van der Waals surface area contributed by atoms with Crippen LogP contribution in [-0.2, 0) is 6.54 Å². The Hall–Kier alpha value is -5.70. The zero-order valence-electron chi connectivity index (χ0n) is 21.9. The van der Waals surface area contributed by atoms with E-state index in [2.05, 4.69) is 26.8 Å². The lowest BCUT2D eigenvalue weighted by Crippen LogP contribution is -2.23. The molecule has 1 amide bonds. The predicted molar refractivity (Wildman–Crippen MR) is 147 cm³/mol. The van der Waals surface area contributed by atoms with Crippen molar-refractivity contribution in [1.82, 2.24) is 24.9 Å². The Morgan fingerprint density at radius 3 is 2.35 bits per heavy atom. The molecule has 3 heterocycles. The molecule has 12 nitrogen and oxygen atoms in total. The number of nitrogens with one attached hydrogen (secondary N) is 4. The second-order valence-corrected chi connectivity index (χ2v) is 8.63. The van der Waals surface area contributed by atoms with Crippen LogP contribution in [0.5, 0.6) is 17.2 Å². The Balaban J connectivity index is 1.44. The Kier molecular flexibility index (Phi) is 7.10. The van der Waals surface area contributed by atoms with Gasteiger partial charge in [0.05, 0.1) is 26.9 Å². The summed E-state index contributed by atoms with van der Waals surface area (Å²) in [5.74, 6) is 1.68. The summed E-state index contributed by atoms with van der Waals surface area (Å²) in [6, 6.07) is 16.0. The van der Waals surface area contributed by atoms with E-state index in [-0.39, 0.29) is 11.5 Å². The van der Waals surface area contributed by atoms with E-state index in [0.717, 1.165) is 11.3 Å². The van der Waals surface area contributed by atoms with Crippen molar-refractivity contribution in [3.05, 3.63) is 88.0 Å². The van der Waals surface area contributed by atoms with Gasteiger partial charge in [0, 0.05) is 36.3 Å². The van der Waals surface area contributed by atoms with Gasteiger partial charge in [-0.25, -0.2) is 9.50 Å². The number of carbonyl (C=O) groups excluding carboxylic acids is 1. The van der Waals surface area contributed by atoms with Crippen LogP contribution in [-0.4, -0.2) is 46.8 Å². The second kappa shape index (κ2) is 11.0. The highest BCUT2D eigenvalue weighted by molar-refractivity contribution is 5.93. The molecule has 12 heteroatoms. The van der Waals surface area contributed by atoms with Crippen molar-refractivity contribution in [3.63, 3.8) is 0 Å². The lowest BCUT2D eigenvalue weighted by molar-refractivity contribution is 0.0950. The van der Waals surface area contributed by atoms with Gasteiger partial charge in [-0.3, -0.25) is 14.7 Å². The molecule has 0 spiro atoms. The number of carbonyl (C=O) groups is 1. The van der Waals surface area contributed by atoms with Crippen LogP contribution < -0.4 is 30.4 Å². The molecule has 40 heavy (non-hydrogen) atoms. The molecule has 0 aliphatic rings. The first-order valence-corrected chi connectivity index (χ1v) is 12.1. The van der Waals surface area contributed by atoms with Crippen LogP contribution in [0.1, 0.15) is 21.5 Å². The molecule has 0 unspecified atom stereocenters.